The quantitative estimate of drug-likeness (QED) is 0.565. The molecular weight excluding hydrogens is 139 g/mol. The van der Waals surface area contributed by atoms with E-state index in [0.717, 1.165) is 0 Å². The van der Waals surface area contributed by atoms with Crippen molar-refractivity contribution in [2.75, 3.05) is 6.54 Å². The van der Waals surface area contributed by atoms with E-state index in [1.807, 2.05) is 0 Å². The van der Waals surface area contributed by atoms with Crippen LogP contribution in [0.3, 0.4) is 0 Å². The van der Waals surface area contributed by atoms with Crippen LogP contribution in [-0.2, 0) is 9.74 Å². The van der Waals surface area contributed by atoms with E-state index in [0.29, 0.717) is 19.4 Å². The van der Waals surface area contributed by atoms with E-state index in [4.69, 9.17) is 11.5 Å². The molecule has 0 saturated carbocycles. The molecule has 0 aliphatic rings. The molecule has 10 heavy (non-hydrogen) atoms. The van der Waals surface area contributed by atoms with E-state index in [9.17, 15) is 9.32 Å². The highest BCUT2D eigenvalue weighted by atomic mass is 19.3. The molecule has 0 fully saturated rings. The molecule has 60 valence electrons. The summed E-state index contributed by atoms with van der Waals surface area (Å²) in [4.78, 5) is 13.2. The summed E-state index contributed by atoms with van der Waals surface area (Å²) in [5.74, 6) is -1.03. The van der Waals surface area contributed by atoms with Crippen LogP contribution in [-0.4, -0.2) is 18.6 Å². The smallest absolute Gasteiger partial charge is 0.330 e. The van der Waals surface area contributed by atoms with Crippen LogP contribution in [0.1, 0.15) is 12.8 Å². The predicted octanol–water partition coefficient (Wildman–Crippen LogP) is -0.520. The van der Waals surface area contributed by atoms with Gasteiger partial charge in [-0.25, -0.2) is 4.79 Å². The summed E-state index contributed by atoms with van der Waals surface area (Å²) in [6.07, 6.45) is 0.954. The first kappa shape index (κ1) is 9.32. The van der Waals surface area contributed by atoms with Crippen LogP contribution < -0.4 is 11.5 Å². The van der Waals surface area contributed by atoms with Crippen molar-refractivity contribution < 1.29 is 14.3 Å². The zero-order valence-electron chi connectivity index (χ0n) is 5.55. The van der Waals surface area contributed by atoms with Crippen LogP contribution >= 0.6 is 0 Å². The van der Waals surface area contributed by atoms with Crippen molar-refractivity contribution in [3.63, 3.8) is 0 Å². The van der Waals surface area contributed by atoms with Gasteiger partial charge in [0.05, 0.1) is 0 Å². The lowest BCUT2D eigenvalue weighted by Crippen LogP contribution is -2.31. The maximum atomic E-state index is 11.1. The number of halogens is 1. The molecule has 0 amide bonds. The monoisotopic (exact) mass is 150 g/mol. The zero-order chi connectivity index (χ0) is 7.98. The van der Waals surface area contributed by atoms with E-state index in [1.54, 1.807) is 0 Å². The minimum Gasteiger partial charge on any atom is -0.330 e. The maximum Gasteiger partial charge on any atom is 0.365 e. The number of nitrogens with two attached hydrogens (primary N) is 2. The van der Waals surface area contributed by atoms with E-state index in [-0.39, 0.29) is 0 Å². The molecule has 0 aliphatic carbocycles. The van der Waals surface area contributed by atoms with E-state index < -0.39 is 12.0 Å². The van der Waals surface area contributed by atoms with Crippen LogP contribution in [0.25, 0.3) is 0 Å². The molecule has 0 aromatic carbocycles. The van der Waals surface area contributed by atoms with Crippen molar-refractivity contribution in [1.82, 2.24) is 0 Å². The minimum atomic E-state index is -1.03. The highest BCUT2D eigenvalue weighted by Gasteiger charge is 2.14. The first-order valence-corrected chi connectivity index (χ1v) is 3.00. The number of carbonyl (C=O) groups is 1. The molecule has 4 nitrogen and oxygen atoms in total. The van der Waals surface area contributed by atoms with Crippen molar-refractivity contribution in [3.8, 4) is 0 Å². The molecule has 0 rings (SSSR count). The summed E-state index contributed by atoms with van der Waals surface area (Å²) in [6.45, 7) is 0.438. The van der Waals surface area contributed by atoms with Gasteiger partial charge in [0.15, 0.2) is 0 Å². The zero-order valence-corrected chi connectivity index (χ0v) is 5.55. The van der Waals surface area contributed by atoms with Gasteiger partial charge >= 0.3 is 5.97 Å². The van der Waals surface area contributed by atoms with Gasteiger partial charge < -0.3 is 11.5 Å². The molecule has 0 heterocycles. The van der Waals surface area contributed by atoms with Crippen molar-refractivity contribution in [2.45, 2.75) is 18.9 Å². The fourth-order valence-electron chi connectivity index (χ4n) is 0.513. The van der Waals surface area contributed by atoms with Crippen LogP contribution in [0.4, 0.5) is 4.53 Å². The number of rotatable bonds is 4. The number of hydrogen-bond acceptors (Lipinski definition) is 4. The van der Waals surface area contributed by atoms with Crippen LogP contribution in [0.2, 0.25) is 0 Å². The average molecular weight is 150 g/mol. The van der Waals surface area contributed by atoms with Gasteiger partial charge in [0.1, 0.15) is 6.04 Å². The number of hydrogen-bond donors (Lipinski definition) is 2. The van der Waals surface area contributed by atoms with Gasteiger partial charge in [0.25, 0.3) is 0 Å². The van der Waals surface area contributed by atoms with Gasteiger partial charge in [-0.2, -0.15) is 0 Å². The van der Waals surface area contributed by atoms with Gasteiger partial charge in [-0.3, -0.25) is 4.94 Å². The van der Waals surface area contributed by atoms with Gasteiger partial charge in [-0.1, -0.05) is 0 Å². The Hall–Kier alpha value is -0.680. The average Bonchev–Trinajstić information content (AvgIpc) is 1.98. The van der Waals surface area contributed by atoms with Gasteiger partial charge in [0.2, 0.25) is 0 Å². The van der Waals surface area contributed by atoms with Gasteiger partial charge in [-0.15, -0.1) is 0 Å². The molecule has 1 atom stereocenters. The largest absolute Gasteiger partial charge is 0.365 e. The molecule has 0 aromatic heterocycles. The maximum absolute atomic E-state index is 11.1. The summed E-state index contributed by atoms with van der Waals surface area (Å²) in [5, 5.41) is 0. The molecule has 0 bridgehead atoms. The van der Waals surface area contributed by atoms with Crippen molar-refractivity contribution in [2.24, 2.45) is 11.5 Å². The summed E-state index contributed by atoms with van der Waals surface area (Å²) < 4.78 is 11.1. The summed E-state index contributed by atoms with van der Waals surface area (Å²) in [7, 11) is 0. The fourth-order valence-corrected chi connectivity index (χ4v) is 0.513. The lowest BCUT2D eigenvalue weighted by atomic mass is 10.2. The molecule has 0 radical (unpaired) electrons. The van der Waals surface area contributed by atoms with E-state index in [1.165, 1.54) is 0 Å². The normalized spacial score (nSPS) is 12.7. The van der Waals surface area contributed by atoms with Crippen LogP contribution in [0.5, 0.6) is 0 Å². The molecule has 4 N–H and O–H groups in total. The van der Waals surface area contributed by atoms with Crippen molar-refractivity contribution >= 4 is 5.97 Å². The topological polar surface area (TPSA) is 78.3 Å². The van der Waals surface area contributed by atoms with Crippen LogP contribution in [0.15, 0.2) is 0 Å². The van der Waals surface area contributed by atoms with E-state index in [2.05, 4.69) is 4.94 Å². The van der Waals surface area contributed by atoms with Gasteiger partial charge in [0, 0.05) is 4.53 Å². The predicted molar refractivity (Wildman–Crippen MR) is 33.5 cm³/mol. The molecule has 0 unspecified atom stereocenters. The fraction of sp³-hybridized carbons (Fsp3) is 0.800. The Morgan fingerprint density at radius 1 is 1.70 bits per heavy atom. The Bertz CT molecular complexity index is 110. The Morgan fingerprint density at radius 2 is 2.30 bits per heavy atom. The first-order valence-electron chi connectivity index (χ1n) is 3.00. The molecule has 5 heteroatoms. The highest BCUT2D eigenvalue weighted by Crippen LogP contribution is 1.95. The van der Waals surface area contributed by atoms with E-state index >= 15 is 0 Å². The Kier molecular flexibility index (Phi) is 4.78. The second kappa shape index (κ2) is 5.13. The first-order chi connectivity index (χ1) is 4.72. The standard InChI is InChI=1S/C5H11FN2O2/c6-10-5(9)4(8)2-1-3-7/h4H,1-3,7-8H2/t4-/m1/s1. The lowest BCUT2D eigenvalue weighted by Gasteiger charge is -2.03. The van der Waals surface area contributed by atoms with Crippen molar-refractivity contribution in [3.05, 3.63) is 0 Å². The van der Waals surface area contributed by atoms with Crippen LogP contribution in [0, 0.1) is 0 Å². The molecule has 0 spiro atoms. The highest BCUT2D eigenvalue weighted by molar-refractivity contribution is 5.74. The second-order valence-corrected chi connectivity index (χ2v) is 1.93. The summed E-state index contributed by atoms with van der Waals surface area (Å²) in [5.41, 5.74) is 10.3. The summed E-state index contributed by atoms with van der Waals surface area (Å²) >= 11 is 0. The molecule has 0 aliphatic heterocycles. The SMILES string of the molecule is NCCC[C@@H](N)C(=O)OF. The third-order valence-electron chi connectivity index (χ3n) is 1.10. The molecule has 0 saturated heterocycles. The third kappa shape index (κ3) is 3.37. The lowest BCUT2D eigenvalue weighted by molar-refractivity contribution is -0.185. The van der Waals surface area contributed by atoms with Crippen molar-refractivity contribution in [1.29, 1.82) is 0 Å². The second-order valence-electron chi connectivity index (χ2n) is 1.93. The van der Waals surface area contributed by atoms with Gasteiger partial charge in [-0.05, 0) is 19.4 Å². The minimum absolute atomic E-state index is 0.360. The Morgan fingerprint density at radius 3 is 2.70 bits per heavy atom. The molecular formula is C5H11FN2O2. The Labute approximate surface area is 58.2 Å². The Balaban J connectivity index is 3.41. The summed E-state index contributed by atoms with van der Waals surface area (Å²) in [6, 6.07) is -0.881. The number of carbonyl (C=O) groups excluding carboxylic acids is 1. The molecule has 0 aromatic rings. The third-order valence-corrected chi connectivity index (χ3v) is 1.10.